The van der Waals surface area contributed by atoms with Crippen LogP contribution in [0.25, 0.3) is 11.3 Å². The summed E-state index contributed by atoms with van der Waals surface area (Å²) >= 11 is 5.58. The third-order valence-corrected chi connectivity index (χ3v) is 2.40. The van der Waals surface area contributed by atoms with E-state index >= 15 is 0 Å². The molecule has 0 aliphatic rings. The molecule has 2 aromatic rings. The summed E-state index contributed by atoms with van der Waals surface area (Å²) in [4.78, 5) is 0. The molecule has 1 heterocycles. The van der Waals surface area contributed by atoms with Crippen LogP contribution in [0.2, 0.25) is 5.22 Å². The first-order valence-corrected chi connectivity index (χ1v) is 4.72. The molecular formula is C10H6ClF2NO2. The second-order valence-electron chi connectivity index (χ2n) is 3.04. The lowest BCUT2D eigenvalue weighted by molar-refractivity contribution is 0.281. The highest BCUT2D eigenvalue weighted by Crippen LogP contribution is 2.30. The minimum absolute atomic E-state index is 0.00417. The number of aliphatic hydroxyl groups excluding tert-OH is 1. The molecule has 0 saturated heterocycles. The Bertz CT molecular complexity index is 528. The van der Waals surface area contributed by atoms with Gasteiger partial charge in [-0.3, -0.25) is 0 Å². The maximum absolute atomic E-state index is 13.4. The van der Waals surface area contributed by atoms with Crippen LogP contribution in [0.4, 0.5) is 8.78 Å². The van der Waals surface area contributed by atoms with Crippen molar-refractivity contribution in [1.82, 2.24) is 5.16 Å². The van der Waals surface area contributed by atoms with Crippen molar-refractivity contribution < 1.29 is 18.4 Å². The molecule has 0 atom stereocenters. The van der Waals surface area contributed by atoms with Gasteiger partial charge in [0, 0.05) is 5.56 Å². The SMILES string of the molecule is OCc1c(-c2cccc(F)c2F)noc1Cl. The summed E-state index contributed by atoms with van der Waals surface area (Å²) in [6.45, 7) is -0.465. The van der Waals surface area contributed by atoms with Crippen molar-refractivity contribution in [1.29, 1.82) is 0 Å². The number of benzene rings is 1. The monoisotopic (exact) mass is 245 g/mol. The highest BCUT2D eigenvalue weighted by Gasteiger charge is 2.19. The molecule has 1 aromatic carbocycles. The van der Waals surface area contributed by atoms with Gasteiger partial charge in [0.15, 0.2) is 11.6 Å². The summed E-state index contributed by atoms with van der Waals surface area (Å²) in [6, 6.07) is 3.64. The first kappa shape index (κ1) is 11.0. The minimum atomic E-state index is -1.05. The Kier molecular flexibility index (Phi) is 2.89. The zero-order valence-corrected chi connectivity index (χ0v) is 8.63. The number of hydrogen-bond acceptors (Lipinski definition) is 3. The van der Waals surface area contributed by atoms with Crippen LogP contribution in [-0.2, 0) is 6.61 Å². The number of rotatable bonds is 2. The van der Waals surface area contributed by atoms with Crippen LogP contribution in [0.5, 0.6) is 0 Å². The fourth-order valence-electron chi connectivity index (χ4n) is 1.32. The van der Waals surface area contributed by atoms with Gasteiger partial charge < -0.3 is 9.63 Å². The summed E-state index contributed by atoms with van der Waals surface area (Å²) in [5.74, 6) is -2.05. The van der Waals surface area contributed by atoms with E-state index in [-0.39, 0.29) is 22.0 Å². The molecule has 0 fully saturated rings. The van der Waals surface area contributed by atoms with Gasteiger partial charge in [-0.05, 0) is 23.7 Å². The number of aliphatic hydroxyl groups is 1. The van der Waals surface area contributed by atoms with Crippen LogP contribution in [0, 0.1) is 11.6 Å². The Hall–Kier alpha value is -1.46. The normalized spacial score (nSPS) is 10.8. The van der Waals surface area contributed by atoms with Crippen molar-refractivity contribution in [2.75, 3.05) is 0 Å². The molecule has 16 heavy (non-hydrogen) atoms. The van der Waals surface area contributed by atoms with Crippen LogP contribution in [-0.4, -0.2) is 10.3 Å². The van der Waals surface area contributed by atoms with Crippen LogP contribution < -0.4 is 0 Å². The first-order valence-electron chi connectivity index (χ1n) is 4.34. The van der Waals surface area contributed by atoms with Crippen LogP contribution in [0.3, 0.4) is 0 Å². The molecule has 6 heteroatoms. The van der Waals surface area contributed by atoms with Crippen molar-refractivity contribution in [3.8, 4) is 11.3 Å². The van der Waals surface area contributed by atoms with Gasteiger partial charge in [0.1, 0.15) is 5.69 Å². The average molecular weight is 246 g/mol. The standard InChI is InChI=1S/C10H6ClF2NO2/c11-10-6(4-15)9(14-16-10)5-2-1-3-7(12)8(5)13/h1-3,15H,4H2. The molecule has 0 radical (unpaired) electrons. The van der Waals surface area contributed by atoms with E-state index in [1.165, 1.54) is 12.1 Å². The average Bonchev–Trinajstić information content (AvgIpc) is 2.63. The molecule has 84 valence electrons. The number of halogens is 3. The van der Waals surface area contributed by atoms with Crippen molar-refractivity contribution in [3.05, 3.63) is 40.6 Å². The lowest BCUT2D eigenvalue weighted by Gasteiger charge is -2.01. The van der Waals surface area contributed by atoms with E-state index < -0.39 is 18.2 Å². The lowest BCUT2D eigenvalue weighted by atomic mass is 10.1. The van der Waals surface area contributed by atoms with Gasteiger partial charge in [-0.2, -0.15) is 0 Å². The zero-order valence-electron chi connectivity index (χ0n) is 7.88. The molecular weight excluding hydrogens is 240 g/mol. The molecule has 0 unspecified atom stereocenters. The summed E-state index contributed by atoms with van der Waals surface area (Å²) in [5.41, 5.74) is 0.0374. The van der Waals surface area contributed by atoms with Gasteiger partial charge in [0.25, 0.3) is 0 Å². The van der Waals surface area contributed by atoms with Crippen LogP contribution in [0.1, 0.15) is 5.56 Å². The molecule has 2 rings (SSSR count). The lowest BCUT2D eigenvalue weighted by Crippen LogP contribution is -1.93. The fraction of sp³-hybridized carbons (Fsp3) is 0.100. The van der Waals surface area contributed by atoms with Crippen LogP contribution in [0.15, 0.2) is 22.7 Å². The molecule has 1 aromatic heterocycles. The molecule has 0 aliphatic carbocycles. The Morgan fingerprint density at radius 3 is 2.81 bits per heavy atom. The van der Waals surface area contributed by atoms with Gasteiger partial charge in [-0.15, -0.1) is 0 Å². The summed E-state index contributed by atoms with van der Waals surface area (Å²) in [6.07, 6.45) is 0. The Balaban J connectivity index is 2.63. The predicted molar refractivity (Wildman–Crippen MR) is 52.8 cm³/mol. The number of aromatic nitrogens is 1. The predicted octanol–water partition coefficient (Wildman–Crippen LogP) is 2.77. The van der Waals surface area contributed by atoms with Gasteiger partial charge in [-0.25, -0.2) is 8.78 Å². The van der Waals surface area contributed by atoms with E-state index in [9.17, 15) is 8.78 Å². The Labute approximate surface area is 94.2 Å². The Morgan fingerprint density at radius 1 is 1.38 bits per heavy atom. The third kappa shape index (κ3) is 1.68. The van der Waals surface area contributed by atoms with E-state index in [4.69, 9.17) is 16.7 Å². The van der Waals surface area contributed by atoms with Crippen molar-refractivity contribution in [2.45, 2.75) is 6.61 Å². The number of hydrogen-bond donors (Lipinski definition) is 1. The van der Waals surface area contributed by atoms with Crippen LogP contribution >= 0.6 is 11.6 Å². The first-order chi connectivity index (χ1) is 7.65. The van der Waals surface area contributed by atoms with Gasteiger partial charge >= 0.3 is 0 Å². The number of nitrogens with zero attached hydrogens (tertiary/aromatic N) is 1. The molecule has 0 spiro atoms. The van der Waals surface area contributed by atoms with Gasteiger partial charge in [-0.1, -0.05) is 11.2 Å². The molecule has 0 bridgehead atoms. The van der Waals surface area contributed by atoms with E-state index in [0.717, 1.165) is 6.07 Å². The molecule has 0 saturated carbocycles. The molecule has 0 aliphatic heterocycles. The third-order valence-electron chi connectivity index (χ3n) is 2.11. The van der Waals surface area contributed by atoms with Crippen molar-refractivity contribution >= 4 is 11.6 Å². The highest BCUT2D eigenvalue weighted by atomic mass is 35.5. The van der Waals surface area contributed by atoms with E-state index in [0.29, 0.717) is 0 Å². The molecule has 1 N–H and O–H groups in total. The zero-order chi connectivity index (χ0) is 11.7. The Morgan fingerprint density at radius 2 is 2.12 bits per heavy atom. The second-order valence-corrected chi connectivity index (χ2v) is 3.39. The fourth-order valence-corrected chi connectivity index (χ4v) is 1.51. The molecule has 3 nitrogen and oxygen atoms in total. The summed E-state index contributed by atoms with van der Waals surface area (Å²) in [5, 5.41) is 12.4. The second kappa shape index (κ2) is 4.19. The van der Waals surface area contributed by atoms with E-state index in [1.807, 2.05) is 0 Å². The smallest absolute Gasteiger partial charge is 0.232 e. The maximum atomic E-state index is 13.4. The van der Waals surface area contributed by atoms with E-state index in [1.54, 1.807) is 0 Å². The summed E-state index contributed by atoms with van der Waals surface area (Å²) < 4.78 is 31.0. The van der Waals surface area contributed by atoms with E-state index in [2.05, 4.69) is 9.68 Å². The maximum Gasteiger partial charge on any atom is 0.232 e. The molecule has 0 amide bonds. The summed E-state index contributed by atoms with van der Waals surface area (Å²) in [7, 11) is 0. The van der Waals surface area contributed by atoms with Gasteiger partial charge in [0.2, 0.25) is 5.22 Å². The topological polar surface area (TPSA) is 46.3 Å². The largest absolute Gasteiger partial charge is 0.391 e. The van der Waals surface area contributed by atoms with Gasteiger partial charge in [0.05, 0.1) is 12.2 Å². The minimum Gasteiger partial charge on any atom is -0.391 e. The highest BCUT2D eigenvalue weighted by molar-refractivity contribution is 6.29. The van der Waals surface area contributed by atoms with Crippen molar-refractivity contribution in [3.63, 3.8) is 0 Å². The van der Waals surface area contributed by atoms with Crippen molar-refractivity contribution in [2.24, 2.45) is 0 Å². The quantitative estimate of drug-likeness (QED) is 0.885.